The first kappa shape index (κ1) is 8.24. The molecule has 3 nitrogen and oxygen atoms in total. The quantitative estimate of drug-likeness (QED) is 0.565. The molecule has 0 aromatic carbocycles. The van der Waals surface area contributed by atoms with E-state index in [2.05, 4.69) is 0 Å². The third-order valence-electron chi connectivity index (χ3n) is 1.75. The molecule has 1 rings (SSSR count). The van der Waals surface area contributed by atoms with E-state index >= 15 is 0 Å². The van der Waals surface area contributed by atoms with Gasteiger partial charge in [0, 0.05) is 6.92 Å². The lowest BCUT2D eigenvalue weighted by Gasteiger charge is -2.11. The minimum atomic E-state index is -0.308. The highest BCUT2D eigenvalue weighted by atomic mass is 16.5. The Bertz CT molecular complexity index is 161. The first-order valence-electron chi connectivity index (χ1n) is 3.76. The second-order valence-corrected chi connectivity index (χ2v) is 2.83. The summed E-state index contributed by atoms with van der Waals surface area (Å²) in [5.41, 5.74) is 0. The van der Waals surface area contributed by atoms with Gasteiger partial charge in [-0.2, -0.15) is 0 Å². The van der Waals surface area contributed by atoms with E-state index in [4.69, 9.17) is 4.74 Å². The largest absolute Gasteiger partial charge is 0.462 e. The van der Waals surface area contributed by atoms with Gasteiger partial charge in [-0.1, -0.05) is 0 Å². The molecular formula is C8H11O3. The zero-order chi connectivity index (χ0) is 8.27. The SMILES string of the molecule is CC(=O)OC(C[C]=O)C1CC1. The summed E-state index contributed by atoms with van der Waals surface area (Å²) in [6, 6.07) is 0. The van der Waals surface area contributed by atoms with Crippen molar-refractivity contribution in [3.63, 3.8) is 0 Å². The monoisotopic (exact) mass is 155 g/mol. The van der Waals surface area contributed by atoms with Gasteiger partial charge in [-0.05, 0) is 18.8 Å². The van der Waals surface area contributed by atoms with Gasteiger partial charge in [0.2, 0.25) is 6.29 Å². The van der Waals surface area contributed by atoms with Gasteiger partial charge in [-0.25, -0.2) is 0 Å². The van der Waals surface area contributed by atoms with Crippen LogP contribution in [0.5, 0.6) is 0 Å². The molecule has 1 atom stereocenters. The molecule has 1 unspecified atom stereocenters. The minimum absolute atomic E-state index is 0.204. The highest BCUT2D eigenvalue weighted by Gasteiger charge is 2.33. The second-order valence-electron chi connectivity index (χ2n) is 2.83. The molecule has 1 fully saturated rings. The second kappa shape index (κ2) is 3.51. The van der Waals surface area contributed by atoms with Crippen LogP contribution in [0.2, 0.25) is 0 Å². The summed E-state index contributed by atoms with van der Waals surface area (Å²) in [6.07, 6.45) is 3.93. The molecule has 0 amide bonds. The van der Waals surface area contributed by atoms with Gasteiger partial charge < -0.3 is 4.74 Å². The molecule has 11 heavy (non-hydrogen) atoms. The van der Waals surface area contributed by atoms with Crippen LogP contribution in [0.1, 0.15) is 26.2 Å². The molecule has 0 heterocycles. The first-order chi connectivity index (χ1) is 5.24. The van der Waals surface area contributed by atoms with Crippen LogP contribution in [-0.4, -0.2) is 18.4 Å². The highest BCUT2D eigenvalue weighted by molar-refractivity contribution is 5.66. The Morgan fingerprint density at radius 3 is 2.73 bits per heavy atom. The van der Waals surface area contributed by atoms with E-state index in [1.54, 1.807) is 6.29 Å². The highest BCUT2D eigenvalue weighted by Crippen LogP contribution is 2.35. The number of ether oxygens (including phenoxy) is 1. The summed E-state index contributed by atoms with van der Waals surface area (Å²) in [4.78, 5) is 20.5. The minimum Gasteiger partial charge on any atom is -0.462 e. The van der Waals surface area contributed by atoms with Crippen LogP contribution in [0.3, 0.4) is 0 Å². The molecule has 0 aromatic heterocycles. The molecule has 3 heteroatoms. The summed E-state index contributed by atoms with van der Waals surface area (Å²) >= 11 is 0. The number of hydrogen-bond donors (Lipinski definition) is 0. The fourth-order valence-corrected chi connectivity index (χ4v) is 1.07. The molecule has 0 spiro atoms. The average molecular weight is 155 g/mol. The van der Waals surface area contributed by atoms with Crippen LogP contribution >= 0.6 is 0 Å². The first-order valence-corrected chi connectivity index (χ1v) is 3.76. The van der Waals surface area contributed by atoms with Crippen molar-refractivity contribution in [2.45, 2.75) is 32.3 Å². The predicted molar refractivity (Wildman–Crippen MR) is 38.6 cm³/mol. The molecule has 1 aliphatic rings. The molecule has 1 radical (unpaired) electrons. The van der Waals surface area contributed by atoms with Crippen LogP contribution in [0.15, 0.2) is 0 Å². The summed E-state index contributed by atoms with van der Waals surface area (Å²) < 4.78 is 4.91. The van der Waals surface area contributed by atoms with Crippen molar-refractivity contribution >= 4 is 12.3 Å². The lowest BCUT2D eigenvalue weighted by molar-refractivity contribution is -0.146. The molecular weight excluding hydrogens is 144 g/mol. The Kier molecular flexibility index (Phi) is 2.63. The summed E-state index contributed by atoms with van der Waals surface area (Å²) in [5, 5.41) is 0. The van der Waals surface area contributed by atoms with Gasteiger partial charge in [0.15, 0.2) is 0 Å². The maximum Gasteiger partial charge on any atom is 0.302 e. The number of hydrogen-bond acceptors (Lipinski definition) is 3. The fourth-order valence-electron chi connectivity index (χ4n) is 1.07. The van der Waals surface area contributed by atoms with Crippen molar-refractivity contribution < 1.29 is 14.3 Å². The number of esters is 1. The van der Waals surface area contributed by atoms with Crippen LogP contribution in [0.4, 0.5) is 0 Å². The zero-order valence-corrected chi connectivity index (χ0v) is 6.50. The average Bonchev–Trinajstić information content (AvgIpc) is 2.66. The van der Waals surface area contributed by atoms with Gasteiger partial charge >= 0.3 is 5.97 Å². The van der Waals surface area contributed by atoms with Crippen molar-refractivity contribution in [1.82, 2.24) is 0 Å². The van der Waals surface area contributed by atoms with Crippen molar-refractivity contribution in [1.29, 1.82) is 0 Å². The Balaban J connectivity index is 2.31. The fraction of sp³-hybridized carbons (Fsp3) is 0.750. The van der Waals surface area contributed by atoms with Gasteiger partial charge in [0.25, 0.3) is 0 Å². The Morgan fingerprint density at radius 1 is 1.73 bits per heavy atom. The number of carbonyl (C=O) groups is 1. The van der Waals surface area contributed by atoms with Crippen molar-refractivity contribution in [2.75, 3.05) is 0 Å². The van der Waals surface area contributed by atoms with Gasteiger partial charge in [0.05, 0.1) is 6.42 Å². The van der Waals surface area contributed by atoms with Crippen molar-refractivity contribution in [2.24, 2.45) is 5.92 Å². The zero-order valence-electron chi connectivity index (χ0n) is 6.50. The van der Waals surface area contributed by atoms with Gasteiger partial charge in [0.1, 0.15) is 6.10 Å². The van der Waals surface area contributed by atoms with E-state index in [0.29, 0.717) is 5.92 Å². The smallest absolute Gasteiger partial charge is 0.302 e. The summed E-state index contributed by atoms with van der Waals surface area (Å²) in [7, 11) is 0. The van der Waals surface area contributed by atoms with Gasteiger partial charge in [-0.3, -0.25) is 9.59 Å². The van der Waals surface area contributed by atoms with Crippen LogP contribution in [-0.2, 0) is 14.3 Å². The molecule has 1 saturated carbocycles. The van der Waals surface area contributed by atoms with Crippen LogP contribution in [0, 0.1) is 5.92 Å². The van der Waals surface area contributed by atoms with E-state index < -0.39 is 0 Å². The maximum absolute atomic E-state index is 10.5. The molecule has 0 aromatic rings. The molecule has 0 bridgehead atoms. The lowest BCUT2D eigenvalue weighted by Crippen LogP contribution is -2.18. The van der Waals surface area contributed by atoms with E-state index in [1.807, 2.05) is 0 Å². The summed E-state index contributed by atoms with van der Waals surface area (Å²) in [5.74, 6) is 0.109. The van der Waals surface area contributed by atoms with Gasteiger partial charge in [-0.15, -0.1) is 0 Å². The normalized spacial score (nSPS) is 19.0. The number of rotatable bonds is 4. The molecule has 0 saturated heterocycles. The lowest BCUT2D eigenvalue weighted by atomic mass is 10.2. The molecule has 0 aliphatic heterocycles. The Morgan fingerprint density at radius 2 is 2.36 bits per heavy atom. The topological polar surface area (TPSA) is 43.4 Å². The van der Waals surface area contributed by atoms with Crippen molar-refractivity contribution in [3.05, 3.63) is 0 Å². The van der Waals surface area contributed by atoms with E-state index in [9.17, 15) is 9.59 Å². The van der Waals surface area contributed by atoms with Crippen LogP contribution < -0.4 is 0 Å². The standard InChI is InChI=1S/C8H11O3/c1-6(10)11-8(4-5-9)7-2-3-7/h7-8H,2-4H2,1H3. The predicted octanol–water partition coefficient (Wildman–Crippen LogP) is 0.828. The number of carbonyl (C=O) groups excluding carboxylic acids is 2. The van der Waals surface area contributed by atoms with E-state index in [0.717, 1.165) is 12.8 Å². The molecule has 61 valence electrons. The Labute approximate surface area is 65.7 Å². The third-order valence-corrected chi connectivity index (χ3v) is 1.75. The molecule has 1 aliphatic carbocycles. The van der Waals surface area contributed by atoms with E-state index in [1.165, 1.54) is 6.92 Å². The van der Waals surface area contributed by atoms with Crippen molar-refractivity contribution in [3.8, 4) is 0 Å². The van der Waals surface area contributed by atoms with E-state index in [-0.39, 0.29) is 18.5 Å². The molecule has 0 N–H and O–H groups in total. The van der Waals surface area contributed by atoms with Crippen LogP contribution in [0.25, 0.3) is 0 Å². The maximum atomic E-state index is 10.5. The third kappa shape index (κ3) is 2.70. The Hall–Kier alpha value is -0.860. The summed E-state index contributed by atoms with van der Waals surface area (Å²) in [6.45, 7) is 1.36.